The number of likely N-dealkylation sites (N-methyl/N-ethyl adjacent to an activating group) is 1. The molecule has 6 nitrogen and oxygen atoms in total. The van der Waals surface area contributed by atoms with Crippen molar-refractivity contribution >= 4 is 11.8 Å². The number of rotatable bonds is 5. The normalized spacial score (nSPS) is 23.1. The zero-order valence-corrected chi connectivity index (χ0v) is 18.8. The van der Waals surface area contributed by atoms with Crippen LogP contribution in [0.15, 0.2) is 54.6 Å². The Morgan fingerprint density at radius 3 is 2.66 bits per heavy atom. The van der Waals surface area contributed by atoms with E-state index in [0.717, 1.165) is 19.4 Å². The molecule has 0 unspecified atom stereocenters. The van der Waals surface area contributed by atoms with Gasteiger partial charge in [0, 0.05) is 43.6 Å². The van der Waals surface area contributed by atoms with Gasteiger partial charge >= 0.3 is 0 Å². The fourth-order valence-electron chi connectivity index (χ4n) is 5.22. The van der Waals surface area contributed by atoms with Crippen molar-refractivity contribution in [2.75, 3.05) is 40.3 Å². The highest BCUT2D eigenvalue weighted by atomic mass is 16.2. The van der Waals surface area contributed by atoms with Crippen molar-refractivity contribution in [1.82, 2.24) is 14.7 Å². The van der Waals surface area contributed by atoms with Crippen LogP contribution in [0, 0.1) is 11.3 Å². The van der Waals surface area contributed by atoms with Crippen LogP contribution in [0.2, 0.25) is 0 Å². The van der Waals surface area contributed by atoms with Crippen molar-refractivity contribution in [3.05, 3.63) is 71.3 Å². The number of fused-ring (bicyclic) bond motifs is 1. The molecule has 2 aromatic rings. The Morgan fingerprint density at radius 1 is 1.16 bits per heavy atom. The fraction of sp³-hybridized carbons (Fsp3) is 0.423. The Hall–Kier alpha value is -3.17. The molecule has 32 heavy (non-hydrogen) atoms. The molecule has 0 saturated carbocycles. The molecule has 0 N–H and O–H groups in total. The topological polar surface area (TPSA) is 67.7 Å². The van der Waals surface area contributed by atoms with Gasteiger partial charge in [-0.25, -0.2) is 0 Å². The highest BCUT2D eigenvalue weighted by Gasteiger charge is 2.52. The number of carbonyl (C=O) groups is 2. The van der Waals surface area contributed by atoms with Gasteiger partial charge in [-0.15, -0.1) is 0 Å². The Bertz CT molecular complexity index is 1030. The number of hydrogen-bond acceptors (Lipinski definition) is 4. The second kappa shape index (κ2) is 9.13. The summed E-state index contributed by atoms with van der Waals surface area (Å²) in [5.74, 6) is 0.0993. The lowest BCUT2D eigenvalue weighted by atomic mass is 9.71. The van der Waals surface area contributed by atoms with E-state index in [-0.39, 0.29) is 23.3 Å². The number of nitrogens with zero attached hydrogens (tertiary/aromatic N) is 4. The molecule has 166 valence electrons. The van der Waals surface area contributed by atoms with Gasteiger partial charge < -0.3 is 14.7 Å². The highest BCUT2D eigenvalue weighted by molar-refractivity contribution is 5.95. The lowest BCUT2D eigenvalue weighted by Gasteiger charge is -2.38. The summed E-state index contributed by atoms with van der Waals surface area (Å²) >= 11 is 0. The quantitative estimate of drug-likeness (QED) is 0.732. The molecule has 0 aromatic heterocycles. The van der Waals surface area contributed by atoms with E-state index in [1.165, 1.54) is 5.56 Å². The van der Waals surface area contributed by atoms with Gasteiger partial charge in [-0.1, -0.05) is 36.4 Å². The van der Waals surface area contributed by atoms with Crippen LogP contribution < -0.4 is 0 Å². The van der Waals surface area contributed by atoms with Crippen LogP contribution in [0.25, 0.3) is 0 Å². The van der Waals surface area contributed by atoms with Crippen LogP contribution in [0.5, 0.6) is 0 Å². The van der Waals surface area contributed by atoms with E-state index >= 15 is 0 Å². The minimum Gasteiger partial charge on any atom is -0.339 e. The molecule has 2 atom stereocenters. The Morgan fingerprint density at radius 2 is 1.94 bits per heavy atom. The van der Waals surface area contributed by atoms with Crippen molar-refractivity contribution in [2.24, 2.45) is 0 Å². The number of carbonyl (C=O) groups excluding carboxylic acids is 2. The van der Waals surface area contributed by atoms with E-state index < -0.39 is 0 Å². The second-order valence-electron chi connectivity index (χ2n) is 9.12. The van der Waals surface area contributed by atoms with Gasteiger partial charge in [-0.3, -0.25) is 9.59 Å². The molecule has 0 radical (unpaired) electrons. The number of likely N-dealkylation sites (tertiary alicyclic amines) is 2. The predicted molar refractivity (Wildman–Crippen MR) is 123 cm³/mol. The molecule has 2 aromatic carbocycles. The van der Waals surface area contributed by atoms with E-state index in [1.54, 1.807) is 24.3 Å². The van der Waals surface area contributed by atoms with Crippen molar-refractivity contribution < 1.29 is 9.59 Å². The fourth-order valence-corrected chi connectivity index (χ4v) is 5.22. The lowest BCUT2D eigenvalue weighted by molar-refractivity contribution is -0.131. The van der Waals surface area contributed by atoms with Crippen molar-refractivity contribution in [1.29, 1.82) is 5.26 Å². The number of hydrogen-bond donors (Lipinski definition) is 0. The maximum absolute atomic E-state index is 13.6. The van der Waals surface area contributed by atoms with Crippen LogP contribution in [0.3, 0.4) is 0 Å². The van der Waals surface area contributed by atoms with Crippen molar-refractivity contribution in [3.63, 3.8) is 0 Å². The highest BCUT2D eigenvalue weighted by Crippen LogP contribution is 2.46. The first kappa shape index (κ1) is 22.0. The predicted octanol–water partition coefficient (Wildman–Crippen LogP) is 2.89. The third-order valence-electron chi connectivity index (χ3n) is 7.01. The first-order valence-corrected chi connectivity index (χ1v) is 11.2. The van der Waals surface area contributed by atoms with E-state index in [9.17, 15) is 14.9 Å². The van der Waals surface area contributed by atoms with Crippen LogP contribution >= 0.6 is 0 Å². The average Bonchev–Trinajstić information content (AvgIpc) is 3.12. The SMILES string of the molecule is CN(C)CCN1C[C@@H]2N(C(=O)c3cccc(C#N)c3)CC[C@]2(c2ccccc2)CCC1=O. The smallest absolute Gasteiger partial charge is 0.254 e. The summed E-state index contributed by atoms with van der Waals surface area (Å²) in [6, 6.07) is 19.3. The van der Waals surface area contributed by atoms with Crippen LogP contribution in [0.4, 0.5) is 0 Å². The summed E-state index contributed by atoms with van der Waals surface area (Å²) in [6.07, 6.45) is 2.06. The number of amides is 2. The summed E-state index contributed by atoms with van der Waals surface area (Å²) in [6.45, 7) is 2.62. The second-order valence-corrected chi connectivity index (χ2v) is 9.12. The van der Waals surface area contributed by atoms with E-state index in [1.807, 2.05) is 42.1 Å². The molecular weight excluding hydrogens is 400 g/mol. The minimum absolute atomic E-state index is 0.0631. The Kier molecular flexibility index (Phi) is 6.29. The summed E-state index contributed by atoms with van der Waals surface area (Å²) in [5, 5.41) is 9.27. The van der Waals surface area contributed by atoms with Gasteiger partial charge in [-0.2, -0.15) is 5.26 Å². The molecule has 2 aliphatic rings. The maximum Gasteiger partial charge on any atom is 0.254 e. The standard InChI is InChI=1S/C26H30N4O2/c1-28(2)15-16-29-19-23-26(12-11-24(29)31,22-9-4-3-5-10-22)13-14-30(23)25(32)21-8-6-7-20(17-21)18-27/h3-10,17,23H,11-16,19H2,1-2H3/t23-,26-/m0/s1. The van der Waals surface area contributed by atoms with E-state index in [4.69, 9.17) is 0 Å². The molecule has 2 saturated heterocycles. The first-order valence-electron chi connectivity index (χ1n) is 11.2. The molecule has 4 rings (SSSR count). The van der Waals surface area contributed by atoms with E-state index in [0.29, 0.717) is 37.2 Å². The van der Waals surface area contributed by atoms with Crippen molar-refractivity contribution in [3.8, 4) is 6.07 Å². The van der Waals surface area contributed by atoms with Crippen LogP contribution in [-0.2, 0) is 10.2 Å². The molecule has 2 amide bonds. The zero-order valence-electron chi connectivity index (χ0n) is 18.8. The van der Waals surface area contributed by atoms with E-state index in [2.05, 4.69) is 23.1 Å². The molecule has 2 aliphatic heterocycles. The largest absolute Gasteiger partial charge is 0.339 e. The number of benzene rings is 2. The summed E-state index contributed by atoms with van der Waals surface area (Å²) in [5.41, 5.74) is 1.97. The molecule has 2 heterocycles. The van der Waals surface area contributed by atoms with Gasteiger partial charge in [0.1, 0.15) is 0 Å². The first-order chi connectivity index (χ1) is 15.4. The zero-order chi connectivity index (χ0) is 22.7. The molecular formula is C26H30N4O2. The van der Waals surface area contributed by atoms with Gasteiger partial charge in [-0.05, 0) is 50.7 Å². The maximum atomic E-state index is 13.6. The van der Waals surface area contributed by atoms with Crippen molar-refractivity contribution in [2.45, 2.75) is 30.7 Å². The third kappa shape index (κ3) is 4.13. The molecule has 0 bridgehead atoms. The molecule has 0 spiro atoms. The lowest BCUT2D eigenvalue weighted by Crippen LogP contribution is -2.51. The van der Waals surface area contributed by atoms with Crippen LogP contribution in [0.1, 0.15) is 40.7 Å². The third-order valence-corrected chi connectivity index (χ3v) is 7.01. The monoisotopic (exact) mass is 430 g/mol. The summed E-state index contributed by atoms with van der Waals surface area (Å²) in [7, 11) is 4.01. The number of nitriles is 1. The molecule has 2 fully saturated rings. The molecule has 0 aliphatic carbocycles. The Balaban J connectivity index is 1.72. The van der Waals surface area contributed by atoms with Gasteiger partial charge in [0.25, 0.3) is 5.91 Å². The Labute approximate surface area is 190 Å². The summed E-state index contributed by atoms with van der Waals surface area (Å²) < 4.78 is 0. The van der Waals surface area contributed by atoms with Gasteiger partial charge in [0.05, 0.1) is 17.7 Å². The molecule has 6 heteroatoms. The van der Waals surface area contributed by atoms with Crippen LogP contribution in [-0.4, -0.2) is 72.8 Å². The minimum atomic E-state index is -0.244. The average molecular weight is 431 g/mol. The van der Waals surface area contributed by atoms with Gasteiger partial charge in [0.2, 0.25) is 5.91 Å². The summed E-state index contributed by atoms with van der Waals surface area (Å²) in [4.78, 5) is 32.6. The van der Waals surface area contributed by atoms with Gasteiger partial charge in [0.15, 0.2) is 0 Å².